The van der Waals surface area contributed by atoms with Crippen LogP contribution in [0, 0.1) is 11.7 Å². The van der Waals surface area contributed by atoms with E-state index in [1.54, 1.807) is 28.5 Å². The lowest BCUT2D eigenvalue weighted by Crippen LogP contribution is -2.36. The molecule has 1 atom stereocenters. The lowest BCUT2D eigenvalue weighted by molar-refractivity contribution is 0.122. The Morgan fingerprint density at radius 3 is 2.89 bits per heavy atom. The van der Waals surface area contributed by atoms with Crippen molar-refractivity contribution in [1.82, 2.24) is 24.8 Å². The fourth-order valence-electron chi connectivity index (χ4n) is 5.64. The number of rotatable bonds is 4. The number of nitrogens with zero attached hydrogens (tertiary/aromatic N) is 5. The normalized spacial score (nSPS) is 19.8. The summed E-state index contributed by atoms with van der Waals surface area (Å²) >= 11 is 1.69. The molecule has 6 heterocycles. The van der Waals surface area contributed by atoms with Gasteiger partial charge in [0.05, 0.1) is 35.5 Å². The van der Waals surface area contributed by atoms with Crippen LogP contribution in [0.3, 0.4) is 0 Å². The summed E-state index contributed by atoms with van der Waals surface area (Å²) in [5, 5.41) is 0.767. The SMILES string of the molecule is NC(=O)N1CC2=CN(Cc3cc4nc(-c5c(F)ccc6[nH]ccc56)nc(N5CCOCC5)c4s3)CC2C1. The first-order valence-electron chi connectivity index (χ1n) is 12.4. The van der Waals surface area contributed by atoms with E-state index in [2.05, 4.69) is 27.1 Å². The number of aromatic amines is 1. The number of fused-ring (bicyclic) bond motifs is 3. The second kappa shape index (κ2) is 8.70. The largest absolute Gasteiger partial charge is 0.378 e. The molecule has 3 aliphatic rings. The highest BCUT2D eigenvalue weighted by atomic mass is 32.1. The number of H-pyrrole nitrogens is 1. The molecule has 11 heteroatoms. The highest BCUT2D eigenvalue weighted by Gasteiger charge is 2.35. The lowest BCUT2D eigenvalue weighted by atomic mass is 10.1. The Labute approximate surface area is 216 Å². The Balaban J connectivity index is 1.27. The van der Waals surface area contributed by atoms with E-state index in [1.807, 2.05) is 6.07 Å². The summed E-state index contributed by atoms with van der Waals surface area (Å²) in [6, 6.07) is 6.81. The van der Waals surface area contributed by atoms with Gasteiger partial charge in [-0.3, -0.25) is 0 Å². The molecule has 0 spiro atoms. The molecule has 9 nitrogen and oxygen atoms in total. The molecule has 0 radical (unpaired) electrons. The number of halogens is 1. The van der Waals surface area contributed by atoms with Crippen molar-refractivity contribution in [2.24, 2.45) is 11.7 Å². The zero-order chi connectivity index (χ0) is 25.1. The topological polar surface area (TPSA) is 104 Å². The fourth-order valence-corrected chi connectivity index (χ4v) is 6.78. The summed E-state index contributed by atoms with van der Waals surface area (Å²) in [4.78, 5) is 31.9. The van der Waals surface area contributed by atoms with Gasteiger partial charge in [-0.25, -0.2) is 19.2 Å². The molecule has 4 aromatic rings. The maximum atomic E-state index is 15.2. The molecule has 7 rings (SSSR count). The molecular weight excluding hydrogens is 493 g/mol. The van der Waals surface area contributed by atoms with Crippen molar-refractivity contribution < 1.29 is 13.9 Å². The summed E-state index contributed by atoms with van der Waals surface area (Å²) < 4.78 is 21.7. The third-order valence-corrected chi connectivity index (χ3v) is 8.54. The summed E-state index contributed by atoms with van der Waals surface area (Å²) in [5.74, 6) is 1.22. The molecular formula is C26H26FN7O2S. The second-order valence-corrected chi connectivity index (χ2v) is 10.9. The number of hydrogen-bond donors (Lipinski definition) is 2. The number of anilines is 1. The summed E-state index contributed by atoms with van der Waals surface area (Å²) in [5.41, 5.74) is 8.81. The minimum Gasteiger partial charge on any atom is -0.378 e. The van der Waals surface area contributed by atoms with Crippen molar-refractivity contribution >= 4 is 44.3 Å². The van der Waals surface area contributed by atoms with Crippen LogP contribution in [0.1, 0.15) is 4.88 Å². The molecule has 0 bridgehead atoms. The first-order valence-corrected chi connectivity index (χ1v) is 13.2. The van der Waals surface area contributed by atoms with Gasteiger partial charge < -0.3 is 30.2 Å². The van der Waals surface area contributed by atoms with Gasteiger partial charge in [-0.1, -0.05) is 0 Å². The van der Waals surface area contributed by atoms with E-state index in [0.29, 0.717) is 43.6 Å². The maximum absolute atomic E-state index is 15.2. The number of thiophene rings is 1. The zero-order valence-electron chi connectivity index (χ0n) is 20.1. The number of urea groups is 1. The van der Waals surface area contributed by atoms with Crippen LogP contribution in [0.2, 0.25) is 0 Å². The van der Waals surface area contributed by atoms with E-state index in [-0.39, 0.29) is 11.8 Å². The molecule has 37 heavy (non-hydrogen) atoms. The number of nitrogens with one attached hydrogen (secondary N) is 1. The number of aromatic nitrogens is 3. The van der Waals surface area contributed by atoms with Crippen molar-refractivity contribution in [2.45, 2.75) is 6.54 Å². The molecule has 3 aromatic heterocycles. The van der Waals surface area contributed by atoms with Crippen LogP contribution in [-0.4, -0.2) is 76.7 Å². The number of ether oxygens (including phenoxy) is 1. The second-order valence-electron chi connectivity index (χ2n) is 9.81. The number of nitrogens with two attached hydrogens (primary N) is 1. The highest BCUT2D eigenvalue weighted by molar-refractivity contribution is 7.19. The summed E-state index contributed by atoms with van der Waals surface area (Å²) in [7, 11) is 0. The van der Waals surface area contributed by atoms with Gasteiger partial charge in [0.2, 0.25) is 0 Å². The average Bonchev–Trinajstić information content (AvgIpc) is 3.66. The Hall–Kier alpha value is -3.70. The number of amides is 2. The molecule has 3 aliphatic heterocycles. The number of carbonyl (C=O) groups is 1. The van der Waals surface area contributed by atoms with E-state index >= 15 is 4.39 Å². The summed E-state index contributed by atoms with van der Waals surface area (Å²) in [6.07, 6.45) is 3.97. The molecule has 0 aliphatic carbocycles. The molecule has 190 valence electrons. The van der Waals surface area contributed by atoms with Gasteiger partial charge in [-0.05, 0) is 29.8 Å². The molecule has 2 amide bonds. The van der Waals surface area contributed by atoms with E-state index in [0.717, 1.165) is 53.1 Å². The van der Waals surface area contributed by atoms with Crippen molar-refractivity contribution in [2.75, 3.05) is 50.8 Å². The molecule has 2 saturated heterocycles. The Morgan fingerprint density at radius 1 is 1.22 bits per heavy atom. The Morgan fingerprint density at radius 2 is 2.08 bits per heavy atom. The first-order chi connectivity index (χ1) is 18.0. The van der Waals surface area contributed by atoms with Crippen LogP contribution < -0.4 is 10.6 Å². The van der Waals surface area contributed by atoms with Crippen molar-refractivity contribution in [3.8, 4) is 11.4 Å². The number of likely N-dealkylation sites (tertiary alicyclic amines) is 1. The first kappa shape index (κ1) is 22.5. The minimum atomic E-state index is -0.358. The Kier molecular flexibility index (Phi) is 5.29. The fraction of sp³-hybridized carbons (Fsp3) is 0.346. The van der Waals surface area contributed by atoms with Gasteiger partial charge in [0.1, 0.15) is 5.82 Å². The van der Waals surface area contributed by atoms with Crippen LogP contribution >= 0.6 is 11.3 Å². The maximum Gasteiger partial charge on any atom is 0.315 e. The average molecular weight is 520 g/mol. The van der Waals surface area contributed by atoms with E-state index < -0.39 is 0 Å². The van der Waals surface area contributed by atoms with Crippen LogP contribution in [0.4, 0.5) is 15.0 Å². The predicted molar refractivity (Wildman–Crippen MR) is 141 cm³/mol. The molecule has 0 saturated carbocycles. The Bertz CT molecular complexity index is 1560. The van der Waals surface area contributed by atoms with Crippen molar-refractivity contribution in [3.63, 3.8) is 0 Å². The highest BCUT2D eigenvalue weighted by Crippen LogP contribution is 2.38. The number of carbonyl (C=O) groups excluding carboxylic acids is 1. The van der Waals surface area contributed by atoms with Crippen LogP contribution in [0.15, 0.2) is 42.2 Å². The van der Waals surface area contributed by atoms with Gasteiger partial charge in [-0.15, -0.1) is 11.3 Å². The van der Waals surface area contributed by atoms with E-state index in [1.165, 1.54) is 16.5 Å². The third kappa shape index (κ3) is 3.89. The predicted octanol–water partition coefficient (Wildman–Crippen LogP) is 3.53. The molecule has 1 aromatic carbocycles. The van der Waals surface area contributed by atoms with Gasteiger partial charge >= 0.3 is 6.03 Å². The standard InChI is InChI=1S/C26H26FN7O2S/c27-19-1-2-20-18(3-4-29-20)22(19)24-30-21-9-17(37-23(21)25(31-24)33-5-7-36-8-6-33)14-32-10-15-12-34(26(28)35)13-16(15)11-32/h1-4,9-10,16,29H,5-8,11-14H2,(H2,28,35). The third-order valence-electron chi connectivity index (χ3n) is 7.43. The van der Waals surface area contributed by atoms with Crippen LogP contribution in [0.25, 0.3) is 32.5 Å². The van der Waals surface area contributed by atoms with Crippen molar-refractivity contribution in [3.05, 3.63) is 52.9 Å². The number of primary amides is 1. The van der Waals surface area contributed by atoms with E-state index in [9.17, 15) is 4.79 Å². The minimum absolute atomic E-state index is 0.335. The van der Waals surface area contributed by atoms with Gasteiger partial charge in [-0.2, -0.15) is 0 Å². The van der Waals surface area contributed by atoms with Gasteiger partial charge in [0.15, 0.2) is 11.6 Å². The number of benzene rings is 1. The van der Waals surface area contributed by atoms with E-state index in [4.69, 9.17) is 20.4 Å². The number of morpholine rings is 1. The van der Waals surface area contributed by atoms with Crippen molar-refractivity contribution in [1.29, 1.82) is 0 Å². The molecule has 3 N–H and O–H groups in total. The zero-order valence-corrected chi connectivity index (χ0v) is 20.9. The summed E-state index contributed by atoms with van der Waals surface area (Å²) in [6.45, 7) is 5.61. The molecule has 2 fully saturated rings. The van der Waals surface area contributed by atoms with Gasteiger partial charge in [0.25, 0.3) is 0 Å². The molecule has 1 unspecified atom stereocenters. The smallest absolute Gasteiger partial charge is 0.315 e. The number of hydrogen-bond acceptors (Lipinski definition) is 7. The van der Waals surface area contributed by atoms with Crippen LogP contribution in [0.5, 0.6) is 0 Å². The van der Waals surface area contributed by atoms with Crippen LogP contribution in [-0.2, 0) is 11.3 Å². The quantitative estimate of drug-likeness (QED) is 0.428. The monoisotopic (exact) mass is 519 g/mol. The van der Waals surface area contributed by atoms with Gasteiger partial charge in [0, 0.05) is 66.8 Å². The lowest BCUT2D eigenvalue weighted by Gasteiger charge is -2.28.